The van der Waals surface area contributed by atoms with Crippen molar-refractivity contribution < 1.29 is 37.8 Å². The van der Waals surface area contributed by atoms with E-state index in [9.17, 15) is 24.1 Å². The van der Waals surface area contributed by atoms with Gasteiger partial charge in [0.25, 0.3) is 5.56 Å². The number of hydrogen-bond acceptors (Lipinski definition) is 9. The molecule has 1 aromatic heterocycles. The Hall–Kier alpha value is -2.83. The number of ether oxygens (including phenoxy) is 1. The molecule has 2 N–H and O–H groups in total. The monoisotopic (exact) mass is 487 g/mol. The molecule has 33 heavy (non-hydrogen) atoms. The van der Waals surface area contributed by atoms with Crippen molar-refractivity contribution in [3.8, 4) is 5.75 Å². The van der Waals surface area contributed by atoms with Crippen molar-refractivity contribution in [2.75, 3.05) is 6.61 Å². The lowest BCUT2D eigenvalue weighted by molar-refractivity contribution is -0.297. The highest BCUT2D eigenvalue weighted by molar-refractivity contribution is 7.36. The van der Waals surface area contributed by atoms with Gasteiger partial charge in [0.1, 0.15) is 24.6 Å². The topological polar surface area (TPSA) is 149 Å². The van der Waals surface area contributed by atoms with Gasteiger partial charge in [-0.05, 0) is 19.1 Å². The SMILES string of the molecule is CCC(=O)ON(OC[C@H]1O[C@@H](n2ccc(=O)[nH]c2=O)[C@](C)(F)[C@@H]1O)[PH](=O)Oc1ccccc1. The molecular formula is C19H23FN3O9P. The minimum absolute atomic E-state index is 0.0668. The predicted molar refractivity (Wildman–Crippen MR) is 111 cm³/mol. The Morgan fingerprint density at radius 1 is 1.33 bits per heavy atom. The summed E-state index contributed by atoms with van der Waals surface area (Å²) in [4.78, 5) is 47.5. The van der Waals surface area contributed by atoms with Crippen molar-refractivity contribution in [1.82, 2.24) is 14.5 Å². The molecule has 14 heteroatoms. The van der Waals surface area contributed by atoms with Gasteiger partial charge in [0, 0.05) is 18.7 Å². The van der Waals surface area contributed by atoms with Gasteiger partial charge in [0.2, 0.25) is 0 Å². The lowest BCUT2D eigenvalue weighted by atomic mass is 9.98. The van der Waals surface area contributed by atoms with Crippen molar-refractivity contribution in [2.24, 2.45) is 0 Å². The second kappa shape index (κ2) is 10.4. The highest BCUT2D eigenvalue weighted by atomic mass is 31.1. The minimum atomic E-state index is -3.31. The zero-order chi connectivity index (χ0) is 24.2. The molecule has 0 saturated carbocycles. The lowest BCUT2D eigenvalue weighted by Crippen LogP contribution is -2.44. The van der Waals surface area contributed by atoms with Gasteiger partial charge in [-0.15, -0.1) is 0 Å². The average molecular weight is 487 g/mol. The number of halogens is 1. The number of aliphatic hydroxyl groups excluding tert-OH is 1. The number of alkyl halides is 1. The number of carbonyl (C=O) groups is 1. The number of H-pyrrole nitrogens is 1. The van der Waals surface area contributed by atoms with Crippen LogP contribution in [0.5, 0.6) is 5.75 Å². The average Bonchev–Trinajstić information content (AvgIpc) is 3.00. The first kappa shape index (κ1) is 24.8. The number of carbonyl (C=O) groups excluding carboxylic acids is 1. The summed E-state index contributed by atoms with van der Waals surface area (Å²) in [5.41, 5.74) is -4.09. The molecule has 1 unspecified atom stereocenters. The molecule has 1 aliphatic rings. The number of para-hydroxylation sites is 1. The van der Waals surface area contributed by atoms with Gasteiger partial charge < -0.3 is 19.2 Å². The molecule has 0 spiro atoms. The van der Waals surface area contributed by atoms with Crippen molar-refractivity contribution >= 4 is 14.1 Å². The molecule has 1 aliphatic heterocycles. The van der Waals surface area contributed by atoms with Crippen LogP contribution in [-0.4, -0.2) is 50.1 Å². The number of nitrogens with zero attached hydrogens (tertiary/aromatic N) is 2. The van der Waals surface area contributed by atoms with Crippen LogP contribution in [0.15, 0.2) is 52.2 Å². The number of hydrogen-bond donors (Lipinski definition) is 2. The van der Waals surface area contributed by atoms with Crippen molar-refractivity contribution in [1.29, 1.82) is 0 Å². The van der Waals surface area contributed by atoms with E-state index in [-0.39, 0.29) is 12.2 Å². The van der Waals surface area contributed by atoms with E-state index in [1.807, 2.05) is 4.98 Å². The van der Waals surface area contributed by atoms with E-state index in [0.29, 0.717) is 5.00 Å². The van der Waals surface area contributed by atoms with Gasteiger partial charge in [-0.2, -0.15) is 0 Å². The molecule has 1 fully saturated rings. The summed E-state index contributed by atoms with van der Waals surface area (Å²) in [6.07, 6.45) is -3.79. The minimum Gasteiger partial charge on any atom is -0.431 e. The van der Waals surface area contributed by atoms with E-state index in [0.717, 1.165) is 23.8 Å². The summed E-state index contributed by atoms with van der Waals surface area (Å²) in [5, 5.41) is 10.4. The number of nitrogens with one attached hydrogen (secondary N) is 1. The van der Waals surface area contributed by atoms with Crippen LogP contribution in [0, 0.1) is 0 Å². The summed E-state index contributed by atoms with van der Waals surface area (Å²) in [5.74, 6) is -0.570. The fourth-order valence-corrected chi connectivity index (χ4v) is 3.77. The molecule has 2 aromatic rings. The zero-order valence-corrected chi connectivity index (χ0v) is 18.7. The molecule has 3 rings (SSSR count). The molecule has 1 saturated heterocycles. The smallest absolute Gasteiger partial charge is 0.365 e. The maximum absolute atomic E-state index is 15.3. The quantitative estimate of drug-likeness (QED) is 0.389. The first-order valence-corrected chi connectivity index (χ1v) is 11.1. The summed E-state index contributed by atoms with van der Waals surface area (Å²) >= 11 is 0. The molecule has 0 bridgehead atoms. The maximum atomic E-state index is 15.3. The maximum Gasteiger partial charge on any atom is 0.365 e. The first-order valence-electron chi connectivity index (χ1n) is 9.88. The van der Waals surface area contributed by atoms with Crippen LogP contribution in [0.3, 0.4) is 0 Å². The Kier molecular flexibility index (Phi) is 7.82. The third-order valence-electron chi connectivity index (χ3n) is 4.75. The molecule has 12 nitrogen and oxygen atoms in total. The van der Waals surface area contributed by atoms with Crippen molar-refractivity contribution in [3.63, 3.8) is 0 Å². The number of benzene rings is 1. The first-order chi connectivity index (χ1) is 15.6. The molecule has 0 aliphatic carbocycles. The standard InChI is InChI=1S/C19H23FN3O9P/c1-3-15(25)31-23(33(28)32-12-7-5-4-6-8-12)29-11-13-16(26)19(2,20)17(30-13)22-10-9-14(24)21-18(22)27/h4-10,13,16-17,26,33H,3,11H2,1-2H3,(H,21,24,27)/t13-,16-,17-,19-/m1/s1. The normalized spacial score (nSPS) is 25.7. The van der Waals surface area contributed by atoms with Gasteiger partial charge in [-0.1, -0.05) is 25.1 Å². The lowest BCUT2D eigenvalue weighted by Gasteiger charge is -2.24. The Labute approximate surface area is 187 Å². The van der Waals surface area contributed by atoms with Gasteiger partial charge >= 0.3 is 19.8 Å². The number of aromatic amines is 1. The number of aliphatic hydroxyl groups is 1. The van der Waals surface area contributed by atoms with Crippen LogP contribution in [-0.2, 0) is 23.8 Å². The fourth-order valence-electron chi connectivity index (χ4n) is 3.00. The van der Waals surface area contributed by atoms with Crippen LogP contribution in [0.4, 0.5) is 4.39 Å². The molecule has 1 aromatic carbocycles. The van der Waals surface area contributed by atoms with Crippen molar-refractivity contribution in [2.45, 2.75) is 44.4 Å². The Morgan fingerprint density at radius 2 is 2.03 bits per heavy atom. The van der Waals surface area contributed by atoms with Crippen molar-refractivity contribution in [3.05, 3.63) is 63.4 Å². The van der Waals surface area contributed by atoms with Crippen LogP contribution in [0.25, 0.3) is 0 Å². The van der Waals surface area contributed by atoms with Gasteiger partial charge in [0.15, 0.2) is 11.9 Å². The highest BCUT2D eigenvalue weighted by Gasteiger charge is 2.55. The van der Waals surface area contributed by atoms with Crippen LogP contribution < -0.4 is 15.8 Å². The molecule has 2 heterocycles. The van der Waals surface area contributed by atoms with E-state index in [1.54, 1.807) is 18.2 Å². The van der Waals surface area contributed by atoms with E-state index >= 15 is 4.39 Å². The second-order valence-corrected chi connectivity index (χ2v) is 8.29. The van der Waals surface area contributed by atoms with Gasteiger partial charge in [-0.25, -0.2) is 9.18 Å². The second-order valence-electron chi connectivity index (χ2n) is 7.19. The zero-order valence-electron chi connectivity index (χ0n) is 17.7. The van der Waals surface area contributed by atoms with E-state index < -0.39 is 56.1 Å². The molecule has 0 amide bonds. The van der Waals surface area contributed by atoms with E-state index in [2.05, 4.69) is 0 Å². The molecular weight excluding hydrogens is 464 g/mol. The van der Waals surface area contributed by atoms with Crippen LogP contribution >= 0.6 is 8.18 Å². The third kappa shape index (κ3) is 5.75. The third-order valence-corrected chi connectivity index (χ3v) is 5.68. The summed E-state index contributed by atoms with van der Waals surface area (Å²) in [7, 11) is -3.31. The Morgan fingerprint density at radius 3 is 2.67 bits per heavy atom. The highest BCUT2D eigenvalue weighted by Crippen LogP contribution is 2.41. The number of rotatable bonds is 9. The predicted octanol–water partition coefficient (Wildman–Crippen LogP) is 1.09. The summed E-state index contributed by atoms with van der Waals surface area (Å²) < 4.78 is 39.3. The summed E-state index contributed by atoms with van der Waals surface area (Å²) in [6.45, 7) is 1.90. The van der Waals surface area contributed by atoms with Gasteiger partial charge in [-0.3, -0.25) is 28.5 Å². The fraction of sp³-hybridized carbons (Fsp3) is 0.421. The van der Waals surface area contributed by atoms with E-state index in [1.165, 1.54) is 19.1 Å². The largest absolute Gasteiger partial charge is 0.431 e. The van der Waals surface area contributed by atoms with Crippen LogP contribution in [0.1, 0.15) is 26.5 Å². The van der Waals surface area contributed by atoms with Gasteiger partial charge in [0.05, 0.1) is 5.00 Å². The molecule has 5 atom stereocenters. The molecule has 0 radical (unpaired) electrons. The Balaban J connectivity index is 1.73. The Bertz CT molecular complexity index is 1110. The van der Waals surface area contributed by atoms with Crippen LogP contribution in [0.2, 0.25) is 0 Å². The summed E-state index contributed by atoms with van der Waals surface area (Å²) in [6, 6.07) is 9.03. The number of aromatic nitrogens is 2. The van der Waals surface area contributed by atoms with E-state index in [4.69, 9.17) is 18.9 Å². The molecule has 180 valence electrons.